The third-order valence-corrected chi connectivity index (χ3v) is 2.98. The maximum absolute atomic E-state index is 12.3. The Morgan fingerprint density at radius 3 is 2.58 bits per heavy atom. The second-order valence-electron chi connectivity index (χ2n) is 4.88. The first-order valence-electron chi connectivity index (χ1n) is 6.28. The molecule has 108 valence electrons. The summed E-state index contributed by atoms with van der Waals surface area (Å²) < 4.78 is 0. The van der Waals surface area contributed by atoms with Gasteiger partial charge in [-0.05, 0) is 27.9 Å². The van der Waals surface area contributed by atoms with Crippen molar-refractivity contribution in [3.8, 4) is 0 Å². The molecule has 0 saturated carbocycles. The Kier molecular flexibility index (Phi) is 5.29. The van der Waals surface area contributed by atoms with Crippen LogP contribution < -0.4 is 0 Å². The molecule has 0 aromatic rings. The minimum atomic E-state index is -1.14. The van der Waals surface area contributed by atoms with Gasteiger partial charge in [0.05, 0.1) is 0 Å². The number of likely N-dealkylation sites (N-methyl/N-ethyl adjacent to an activating group) is 2. The molecule has 1 heterocycles. The van der Waals surface area contributed by atoms with E-state index in [-0.39, 0.29) is 24.1 Å². The van der Waals surface area contributed by atoms with Gasteiger partial charge in [0.1, 0.15) is 0 Å². The van der Waals surface area contributed by atoms with Crippen molar-refractivity contribution in [2.24, 2.45) is 5.16 Å². The molecule has 7 heteroatoms. The predicted molar refractivity (Wildman–Crippen MR) is 70.0 cm³/mol. The summed E-state index contributed by atoms with van der Waals surface area (Å²) in [6, 6.07) is 0.0324. The SMILES string of the molecule is CCN(C(=O)C1CC(C(=O)O)=NO1)C(C)CN(C)C. The van der Waals surface area contributed by atoms with E-state index < -0.39 is 12.1 Å². The molecule has 0 saturated heterocycles. The van der Waals surface area contributed by atoms with Gasteiger partial charge in [-0.3, -0.25) is 4.79 Å². The Labute approximate surface area is 112 Å². The number of oxime groups is 1. The lowest BCUT2D eigenvalue weighted by Crippen LogP contribution is -2.48. The number of carbonyl (C=O) groups excluding carboxylic acids is 1. The van der Waals surface area contributed by atoms with Crippen LogP contribution >= 0.6 is 0 Å². The van der Waals surface area contributed by atoms with E-state index in [2.05, 4.69) is 5.16 Å². The van der Waals surface area contributed by atoms with Crippen LogP contribution in [-0.4, -0.2) is 71.8 Å². The summed E-state index contributed by atoms with van der Waals surface area (Å²) in [5, 5.41) is 12.2. The van der Waals surface area contributed by atoms with Gasteiger partial charge >= 0.3 is 5.97 Å². The summed E-state index contributed by atoms with van der Waals surface area (Å²) in [5.41, 5.74) is -0.102. The lowest BCUT2D eigenvalue weighted by molar-refractivity contribution is -0.144. The van der Waals surface area contributed by atoms with Gasteiger partial charge < -0.3 is 19.7 Å². The Hall–Kier alpha value is -1.63. The molecule has 0 aromatic carbocycles. The molecule has 0 spiro atoms. The molecule has 1 N–H and O–H groups in total. The molecule has 1 aliphatic heterocycles. The Morgan fingerprint density at radius 2 is 2.16 bits per heavy atom. The second-order valence-corrected chi connectivity index (χ2v) is 4.88. The first-order chi connectivity index (χ1) is 8.86. The first-order valence-corrected chi connectivity index (χ1v) is 6.28. The number of nitrogens with zero attached hydrogens (tertiary/aromatic N) is 3. The summed E-state index contributed by atoms with van der Waals surface area (Å²) in [5.74, 6) is -1.35. The van der Waals surface area contributed by atoms with Crippen LogP contribution in [0, 0.1) is 0 Å². The fraction of sp³-hybridized carbons (Fsp3) is 0.750. The molecule has 19 heavy (non-hydrogen) atoms. The molecule has 2 atom stereocenters. The highest BCUT2D eigenvalue weighted by Crippen LogP contribution is 2.15. The predicted octanol–water partition coefficient (Wildman–Crippen LogP) is 0.0145. The number of hydrogen-bond acceptors (Lipinski definition) is 5. The maximum atomic E-state index is 12.3. The number of carboxylic acid groups (broad SMARTS) is 1. The van der Waals surface area contributed by atoms with Crippen LogP contribution in [-0.2, 0) is 14.4 Å². The molecule has 2 unspecified atom stereocenters. The summed E-state index contributed by atoms with van der Waals surface area (Å²) in [7, 11) is 3.87. The van der Waals surface area contributed by atoms with Crippen molar-refractivity contribution in [2.75, 3.05) is 27.2 Å². The number of amides is 1. The molecule has 7 nitrogen and oxygen atoms in total. The highest BCUT2D eigenvalue weighted by molar-refractivity contribution is 6.36. The highest BCUT2D eigenvalue weighted by Gasteiger charge is 2.35. The van der Waals surface area contributed by atoms with Gasteiger partial charge in [0.25, 0.3) is 5.91 Å². The van der Waals surface area contributed by atoms with Crippen molar-refractivity contribution < 1.29 is 19.5 Å². The van der Waals surface area contributed by atoms with Crippen molar-refractivity contribution in [2.45, 2.75) is 32.4 Å². The average molecular weight is 271 g/mol. The van der Waals surface area contributed by atoms with Crippen LogP contribution in [0.4, 0.5) is 0 Å². The minimum Gasteiger partial charge on any atom is -0.477 e. The standard InChI is InChI=1S/C12H21N3O4/c1-5-15(8(2)7-14(3)4)11(16)10-6-9(12(17)18)13-19-10/h8,10H,5-7H2,1-4H3,(H,17,18). The van der Waals surface area contributed by atoms with E-state index in [0.29, 0.717) is 6.54 Å². The molecule has 1 aliphatic rings. The quantitative estimate of drug-likeness (QED) is 0.736. The molecule has 0 radical (unpaired) electrons. The van der Waals surface area contributed by atoms with Crippen LogP contribution in [0.3, 0.4) is 0 Å². The third kappa shape index (κ3) is 3.92. The Bertz CT molecular complexity index is 381. The number of carbonyl (C=O) groups is 2. The average Bonchev–Trinajstić information content (AvgIpc) is 2.77. The largest absolute Gasteiger partial charge is 0.477 e. The topological polar surface area (TPSA) is 82.4 Å². The van der Waals surface area contributed by atoms with Crippen molar-refractivity contribution >= 4 is 17.6 Å². The van der Waals surface area contributed by atoms with Crippen LogP contribution in [0.2, 0.25) is 0 Å². The van der Waals surface area contributed by atoms with Crippen molar-refractivity contribution in [3.63, 3.8) is 0 Å². The van der Waals surface area contributed by atoms with Crippen LogP contribution in [0.1, 0.15) is 20.3 Å². The molecule has 1 amide bonds. The van der Waals surface area contributed by atoms with Crippen molar-refractivity contribution in [3.05, 3.63) is 0 Å². The zero-order valence-corrected chi connectivity index (χ0v) is 11.8. The second kappa shape index (κ2) is 6.51. The van der Waals surface area contributed by atoms with E-state index >= 15 is 0 Å². The minimum absolute atomic E-state index is 0.0271. The zero-order chi connectivity index (χ0) is 14.6. The third-order valence-electron chi connectivity index (χ3n) is 2.98. The van der Waals surface area contributed by atoms with E-state index in [0.717, 1.165) is 6.54 Å². The van der Waals surface area contributed by atoms with E-state index in [1.165, 1.54) is 0 Å². The number of carboxylic acids is 1. The van der Waals surface area contributed by atoms with E-state index in [4.69, 9.17) is 9.94 Å². The summed E-state index contributed by atoms with van der Waals surface area (Å²) in [4.78, 5) is 31.6. The molecule has 0 fully saturated rings. The van der Waals surface area contributed by atoms with Gasteiger partial charge in [0.15, 0.2) is 5.71 Å². The molecule has 0 aromatic heterocycles. The van der Waals surface area contributed by atoms with Crippen LogP contribution in [0.5, 0.6) is 0 Å². The highest BCUT2D eigenvalue weighted by atomic mass is 16.6. The maximum Gasteiger partial charge on any atom is 0.353 e. The van der Waals surface area contributed by atoms with E-state index in [9.17, 15) is 9.59 Å². The molecule has 1 rings (SSSR count). The lowest BCUT2D eigenvalue weighted by atomic mass is 10.1. The van der Waals surface area contributed by atoms with Crippen LogP contribution in [0.25, 0.3) is 0 Å². The van der Waals surface area contributed by atoms with E-state index in [1.54, 1.807) is 4.90 Å². The van der Waals surface area contributed by atoms with Gasteiger partial charge in [-0.2, -0.15) is 0 Å². The Balaban J connectivity index is 2.63. The number of hydrogen-bond donors (Lipinski definition) is 1. The first kappa shape index (κ1) is 15.4. The summed E-state index contributed by atoms with van der Waals surface area (Å²) >= 11 is 0. The van der Waals surface area contributed by atoms with E-state index in [1.807, 2.05) is 32.8 Å². The van der Waals surface area contributed by atoms with Gasteiger partial charge in [0.2, 0.25) is 6.10 Å². The molecular weight excluding hydrogens is 250 g/mol. The fourth-order valence-corrected chi connectivity index (χ4v) is 2.13. The summed E-state index contributed by atoms with van der Waals surface area (Å²) in [6.45, 7) is 5.13. The normalized spacial score (nSPS) is 19.8. The number of rotatable bonds is 6. The summed E-state index contributed by atoms with van der Waals surface area (Å²) in [6.07, 6.45) is -0.782. The molecule has 0 bridgehead atoms. The van der Waals surface area contributed by atoms with Gasteiger partial charge in [-0.1, -0.05) is 5.16 Å². The fourth-order valence-electron chi connectivity index (χ4n) is 2.13. The van der Waals surface area contributed by atoms with Gasteiger partial charge in [0, 0.05) is 25.6 Å². The smallest absolute Gasteiger partial charge is 0.353 e. The monoisotopic (exact) mass is 271 g/mol. The van der Waals surface area contributed by atoms with Crippen molar-refractivity contribution in [1.29, 1.82) is 0 Å². The van der Waals surface area contributed by atoms with Crippen LogP contribution in [0.15, 0.2) is 5.16 Å². The van der Waals surface area contributed by atoms with Crippen molar-refractivity contribution in [1.82, 2.24) is 9.80 Å². The van der Waals surface area contributed by atoms with Gasteiger partial charge in [-0.25, -0.2) is 4.79 Å². The zero-order valence-electron chi connectivity index (χ0n) is 11.8. The van der Waals surface area contributed by atoms with Gasteiger partial charge in [-0.15, -0.1) is 0 Å². The molecule has 0 aliphatic carbocycles. The Morgan fingerprint density at radius 1 is 1.53 bits per heavy atom. The molecular formula is C12H21N3O4. The lowest BCUT2D eigenvalue weighted by Gasteiger charge is -2.31. The number of aliphatic carboxylic acids is 1.